The van der Waals surface area contributed by atoms with Crippen molar-refractivity contribution in [2.75, 3.05) is 36.4 Å². The Morgan fingerprint density at radius 2 is 1.96 bits per heavy atom. The lowest BCUT2D eigenvalue weighted by molar-refractivity contribution is -0.118. The lowest BCUT2D eigenvalue weighted by Gasteiger charge is -2.32. The summed E-state index contributed by atoms with van der Waals surface area (Å²) in [6, 6.07) is 5.33. The molecule has 26 heavy (non-hydrogen) atoms. The van der Waals surface area contributed by atoms with Crippen LogP contribution in [0.4, 0.5) is 11.6 Å². The predicted octanol–water partition coefficient (Wildman–Crippen LogP) is 2.28. The highest BCUT2D eigenvalue weighted by atomic mass is 35.5. The molecule has 0 bridgehead atoms. The normalized spacial score (nSPS) is 14.3. The summed E-state index contributed by atoms with van der Waals surface area (Å²) < 4.78 is 0. The van der Waals surface area contributed by atoms with Gasteiger partial charge in [-0.2, -0.15) is 0 Å². The van der Waals surface area contributed by atoms with E-state index in [-0.39, 0.29) is 11.6 Å². The van der Waals surface area contributed by atoms with E-state index in [2.05, 4.69) is 15.3 Å². The molecule has 1 saturated heterocycles. The van der Waals surface area contributed by atoms with Gasteiger partial charge in [0.25, 0.3) is 5.91 Å². The van der Waals surface area contributed by atoms with Crippen LogP contribution in [0.3, 0.4) is 0 Å². The minimum absolute atomic E-state index is 0.267. The standard InChI is InChI=1S/C18H20ClN5O2/c1-12-9-13(2)16(14(19)10-12)22-17(26)15-3-4-20-18(21-15)24-7-5-23(11-25)6-8-24/h3-4,9-11H,5-8H2,1-2H3,(H,22,26). The molecule has 1 aliphatic heterocycles. The fourth-order valence-electron chi connectivity index (χ4n) is 2.91. The molecule has 0 unspecified atom stereocenters. The number of aromatic nitrogens is 2. The molecule has 0 atom stereocenters. The zero-order valence-electron chi connectivity index (χ0n) is 14.7. The highest BCUT2D eigenvalue weighted by molar-refractivity contribution is 6.34. The SMILES string of the molecule is Cc1cc(C)c(NC(=O)c2ccnc(N3CCN(C=O)CC3)n2)c(Cl)c1. The number of benzene rings is 1. The van der Waals surface area contributed by atoms with Crippen LogP contribution in [0.1, 0.15) is 21.6 Å². The largest absolute Gasteiger partial charge is 0.342 e. The second-order valence-corrected chi connectivity index (χ2v) is 6.67. The summed E-state index contributed by atoms with van der Waals surface area (Å²) in [5.74, 6) is 0.143. The molecule has 1 aliphatic rings. The summed E-state index contributed by atoms with van der Waals surface area (Å²) in [4.78, 5) is 35.7. The summed E-state index contributed by atoms with van der Waals surface area (Å²) in [6.07, 6.45) is 2.41. The number of carbonyl (C=O) groups is 2. The number of piperazine rings is 1. The zero-order chi connectivity index (χ0) is 18.7. The fourth-order valence-corrected chi connectivity index (χ4v) is 3.27. The Morgan fingerprint density at radius 1 is 1.23 bits per heavy atom. The van der Waals surface area contributed by atoms with Crippen molar-refractivity contribution in [3.05, 3.63) is 46.2 Å². The van der Waals surface area contributed by atoms with Crippen molar-refractivity contribution in [1.82, 2.24) is 14.9 Å². The van der Waals surface area contributed by atoms with Crippen molar-refractivity contribution >= 4 is 35.6 Å². The molecule has 0 saturated carbocycles. The van der Waals surface area contributed by atoms with Crippen LogP contribution in [-0.4, -0.2) is 53.4 Å². The van der Waals surface area contributed by atoms with E-state index in [9.17, 15) is 9.59 Å². The molecule has 0 spiro atoms. The van der Waals surface area contributed by atoms with Crippen molar-refractivity contribution in [3.8, 4) is 0 Å². The number of hydrogen-bond donors (Lipinski definition) is 1. The molecule has 0 radical (unpaired) electrons. The third-order valence-corrected chi connectivity index (χ3v) is 4.59. The monoisotopic (exact) mass is 373 g/mol. The maximum Gasteiger partial charge on any atom is 0.274 e. The number of rotatable bonds is 4. The molecule has 1 aromatic heterocycles. The Bertz CT molecular complexity index is 811. The van der Waals surface area contributed by atoms with Gasteiger partial charge in [0.2, 0.25) is 12.4 Å². The Balaban J connectivity index is 1.76. The van der Waals surface area contributed by atoms with Crippen LogP contribution < -0.4 is 10.2 Å². The number of nitrogens with zero attached hydrogens (tertiary/aromatic N) is 4. The Morgan fingerprint density at radius 3 is 2.62 bits per heavy atom. The van der Waals surface area contributed by atoms with Crippen LogP contribution >= 0.6 is 11.6 Å². The number of halogens is 1. The van der Waals surface area contributed by atoms with Crippen LogP contribution in [0, 0.1) is 13.8 Å². The van der Waals surface area contributed by atoms with Gasteiger partial charge in [-0.1, -0.05) is 17.7 Å². The van der Waals surface area contributed by atoms with Gasteiger partial charge in [-0.25, -0.2) is 9.97 Å². The molecule has 0 aliphatic carbocycles. The van der Waals surface area contributed by atoms with Crippen molar-refractivity contribution in [3.63, 3.8) is 0 Å². The van der Waals surface area contributed by atoms with Crippen LogP contribution in [0.2, 0.25) is 5.02 Å². The van der Waals surface area contributed by atoms with Gasteiger partial charge < -0.3 is 15.1 Å². The molecule has 1 fully saturated rings. The van der Waals surface area contributed by atoms with Gasteiger partial charge in [0.05, 0.1) is 10.7 Å². The van der Waals surface area contributed by atoms with E-state index in [1.807, 2.05) is 30.9 Å². The highest BCUT2D eigenvalue weighted by Crippen LogP contribution is 2.27. The van der Waals surface area contributed by atoms with Crippen LogP contribution in [-0.2, 0) is 4.79 Å². The summed E-state index contributed by atoms with van der Waals surface area (Å²) in [5.41, 5.74) is 2.78. The molecule has 2 amide bonds. The number of nitrogens with one attached hydrogen (secondary N) is 1. The van der Waals surface area contributed by atoms with Gasteiger partial charge in [-0.3, -0.25) is 9.59 Å². The second kappa shape index (κ2) is 7.70. The molecule has 2 heterocycles. The van der Waals surface area contributed by atoms with Gasteiger partial charge in [0, 0.05) is 32.4 Å². The topological polar surface area (TPSA) is 78.4 Å². The summed E-state index contributed by atoms with van der Waals surface area (Å²) in [7, 11) is 0. The first-order valence-corrected chi connectivity index (χ1v) is 8.71. The summed E-state index contributed by atoms with van der Waals surface area (Å²) >= 11 is 6.26. The smallest absolute Gasteiger partial charge is 0.274 e. The summed E-state index contributed by atoms with van der Waals surface area (Å²) in [5, 5.41) is 3.33. The molecule has 136 valence electrons. The lowest BCUT2D eigenvalue weighted by atomic mass is 10.1. The number of hydrogen-bond acceptors (Lipinski definition) is 5. The predicted molar refractivity (Wildman–Crippen MR) is 101 cm³/mol. The van der Waals surface area contributed by atoms with E-state index in [4.69, 9.17) is 11.6 Å². The lowest BCUT2D eigenvalue weighted by Crippen LogP contribution is -2.46. The van der Waals surface area contributed by atoms with Gasteiger partial charge in [0.1, 0.15) is 5.69 Å². The Kier molecular flexibility index (Phi) is 5.37. The quantitative estimate of drug-likeness (QED) is 0.832. The van der Waals surface area contributed by atoms with E-state index in [0.717, 1.165) is 17.5 Å². The van der Waals surface area contributed by atoms with E-state index in [0.29, 0.717) is 42.8 Å². The van der Waals surface area contributed by atoms with Crippen molar-refractivity contribution in [2.45, 2.75) is 13.8 Å². The number of aryl methyl sites for hydroxylation is 2. The van der Waals surface area contributed by atoms with Crippen LogP contribution in [0.5, 0.6) is 0 Å². The average Bonchev–Trinajstić information content (AvgIpc) is 2.64. The van der Waals surface area contributed by atoms with Gasteiger partial charge in [-0.15, -0.1) is 0 Å². The zero-order valence-corrected chi connectivity index (χ0v) is 15.5. The van der Waals surface area contributed by atoms with Gasteiger partial charge >= 0.3 is 0 Å². The minimum atomic E-state index is -0.339. The number of amides is 2. The third-order valence-electron chi connectivity index (χ3n) is 4.29. The first-order chi connectivity index (χ1) is 12.5. The second-order valence-electron chi connectivity index (χ2n) is 6.26. The third kappa shape index (κ3) is 3.94. The maximum absolute atomic E-state index is 12.6. The van der Waals surface area contributed by atoms with Crippen molar-refractivity contribution < 1.29 is 9.59 Å². The van der Waals surface area contributed by atoms with E-state index < -0.39 is 0 Å². The molecular formula is C18H20ClN5O2. The van der Waals surface area contributed by atoms with Crippen LogP contribution in [0.25, 0.3) is 0 Å². The van der Waals surface area contributed by atoms with E-state index in [1.54, 1.807) is 17.2 Å². The Hall–Kier alpha value is -2.67. The molecule has 1 aromatic carbocycles. The highest BCUT2D eigenvalue weighted by Gasteiger charge is 2.19. The molecule has 1 N–H and O–H groups in total. The molecule has 2 aromatic rings. The van der Waals surface area contributed by atoms with Crippen molar-refractivity contribution in [1.29, 1.82) is 0 Å². The van der Waals surface area contributed by atoms with Gasteiger partial charge in [0.15, 0.2) is 0 Å². The molecule has 7 nitrogen and oxygen atoms in total. The fraction of sp³-hybridized carbons (Fsp3) is 0.333. The van der Waals surface area contributed by atoms with E-state index in [1.165, 1.54) is 0 Å². The first-order valence-electron chi connectivity index (χ1n) is 8.33. The molecular weight excluding hydrogens is 354 g/mol. The maximum atomic E-state index is 12.6. The molecule has 8 heteroatoms. The molecule has 3 rings (SSSR count). The van der Waals surface area contributed by atoms with E-state index >= 15 is 0 Å². The summed E-state index contributed by atoms with van der Waals surface area (Å²) in [6.45, 7) is 6.33. The minimum Gasteiger partial charge on any atom is -0.342 e. The van der Waals surface area contributed by atoms with Crippen LogP contribution in [0.15, 0.2) is 24.4 Å². The number of anilines is 2. The van der Waals surface area contributed by atoms with Gasteiger partial charge in [-0.05, 0) is 37.1 Å². The van der Waals surface area contributed by atoms with Crippen molar-refractivity contribution in [2.24, 2.45) is 0 Å². The first kappa shape index (κ1) is 18.1. The average molecular weight is 374 g/mol. The Labute approximate surface area is 157 Å². The number of carbonyl (C=O) groups excluding carboxylic acids is 2.